The lowest BCUT2D eigenvalue weighted by Crippen LogP contribution is -3.00. The van der Waals surface area contributed by atoms with E-state index >= 15 is 0 Å². The lowest BCUT2D eigenvalue weighted by atomic mass is 10.0. The van der Waals surface area contributed by atoms with Crippen LogP contribution in [0.1, 0.15) is 187 Å². The third-order valence-corrected chi connectivity index (χ3v) is 7.68. The Morgan fingerprint density at radius 2 is 0.457 bits per heavy atom. The predicted octanol–water partition coefficient (Wildman–Crippen LogP) is 8.64. The molecule has 0 rings (SSSR count). The summed E-state index contributed by atoms with van der Waals surface area (Å²) in [6.07, 6.45) is 41.3. The Morgan fingerprint density at radius 3 is 0.629 bits per heavy atom. The van der Waals surface area contributed by atoms with E-state index in [0.717, 1.165) is 4.48 Å². The minimum atomic E-state index is 0. The predicted molar refractivity (Wildman–Crippen MR) is 158 cm³/mol. The zero-order valence-electron chi connectivity index (χ0n) is 25.3. The van der Waals surface area contributed by atoms with Crippen molar-refractivity contribution in [1.29, 1.82) is 0 Å². The van der Waals surface area contributed by atoms with E-state index in [1.165, 1.54) is 186 Å². The van der Waals surface area contributed by atoms with Gasteiger partial charge in [0.1, 0.15) is 0 Å². The van der Waals surface area contributed by atoms with Crippen LogP contribution in [0.5, 0.6) is 0 Å². The van der Waals surface area contributed by atoms with Gasteiger partial charge in [0, 0.05) is 0 Å². The van der Waals surface area contributed by atoms with Gasteiger partial charge in [0.2, 0.25) is 0 Å². The normalized spacial score (nSPS) is 11.7. The van der Waals surface area contributed by atoms with E-state index in [2.05, 4.69) is 28.1 Å². The van der Waals surface area contributed by atoms with Gasteiger partial charge >= 0.3 is 0 Å². The van der Waals surface area contributed by atoms with Crippen LogP contribution in [0, 0.1) is 0 Å². The molecule has 2 heteroatoms. The number of quaternary nitrogens is 1. The number of halogens is 1. The summed E-state index contributed by atoms with van der Waals surface area (Å²) in [4.78, 5) is 0. The van der Waals surface area contributed by atoms with Crippen molar-refractivity contribution in [2.45, 2.75) is 187 Å². The zero-order valence-corrected chi connectivity index (χ0v) is 26.1. The highest BCUT2D eigenvalue weighted by atomic mass is 35.5. The van der Waals surface area contributed by atoms with Crippen molar-refractivity contribution in [1.82, 2.24) is 0 Å². The topological polar surface area (TPSA) is 0 Å². The van der Waals surface area contributed by atoms with Gasteiger partial charge in [-0.05, 0) is 12.8 Å². The standard InChI is InChI=1S/C33H70N.ClH/c1-5-6-7-8-9-10-11-12-13-14-15-16-17-18-19-20-21-22-23-24-25-26-27-28-29-30-31-32-33-34(2,3)4;/h5-33H2,1-4H3;1H/q+1;/p-1. The largest absolute Gasteiger partial charge is 1.00 e. The van der Waals surface area contributed by atoms with Gasteiger partial charge in [-0.2, -0.15) is 0 Å². The minimum Gasteiger partial charge on any atom is -1.00 e. The van der Waals surface area contributed by atoms with Crippen LogP contribution < -0.4 is 12.4 Å². The molecule has 0 saturated carbocycles. The number of rotatable bonds is 29. The Kier molecular flexibility index (Phi) is 32.6. The third-order valence-electron chi connectivity index (χ3n) is 7.68. The van der Waals surface area contributed by atoms with Gasteiger partial charge in [-0.1, -0.05) is 174 Å². The Labute approximate surface area is 231 Å². The second-order valence-corrected chi connectivity index (χ2v) is 12.6. The maximum atomic E-state index is 2.31. The summed E-state index contributed by atoms with van der Waals surface area (Å²) < 4.78 is 1.12. The molecule has 0 aliphatic carbocycles. The Balaban J connectivity index is 0. The van der Waals surface area contributed by atoms with Crippen LogP contribution in [0.15, 0.2) is 0 Å². The maximum absolute atomic E-state index is 2.31. The molecule has 0 aliphatic heterocycles. The first-order valence-corrected chi connectivity index (χ1v) is 16.4. The summed E-state index contributed by atoms with van der Waals surface area (Å²) in [6.45, 7) is 3.64. The van der Waals surface area contributed by atoms with Gasteiger partial charge in [-0.3, -0.25) is 0 Å². The van der Waals surface area contributed by atoms with E-state index < -0.39 is 0 Å². The van der Waals surface area contributed by atoms with Crippen molar-refractivity contribution in [3.05, 3.63) is 0 Å². The van der Waals surface area contributed by atoms with Crippen molar-refractivity contribution in [3.8, 4) is 0 Å². The second-order valence-electron chi connectivity index (χ2n) is 12.6. The monoisotopic (exact) mass is 516 g/mol. The lowest BCUT2D eigenvalue weighted by Gasteiger charge is -2.23. The molecule has 0 unspecified atom stereocenters. The van der Waals surface area contributed by atoms with E-state index in [9.17, 15) is 0 Å². The molecule has 0 atom stereocenters. The van der Waals surface area contributed by atoms with Crippen LogP contribution in [0.2, 0.25) is 0 Å². The molecule has 0 spiro atoms. The molecule has 0 N–H and O–H groups in total. The van der Waals surface area contributed by atoms with Crippen LogP contribution in [0.25, 0.3) is 0 Å². The number of unbranched alkanes of at least 4 members (excludes halogenated alkanes) is 27. The molecule has 35 heavy (non-hydrogen) atoms. The van der Waals surface area contributed by atoms with E-state index in [1.807, 2.05) is 0 Å². The van der Waals surface area contributed by atoms with Crippen LogP contribution in [-0.2, 0) is 0 Å². The van der Waals surface area contributed by atoms with Crippen LogP contribution in [0.3, 0.4) is 0 Å². The molecule has 0 aromatic carbocycles. The first kappa shape index (κ1) is 37.4. The summed E-state index contributed by atoms with van der Waals surface area (Å²) in [5.74, 6) is 0. The summed E-state index contributed by atoms with van der Waals surface area (Å²) in [7, 11) is 6.92. The molecular weight excluding hydrogens is 446 g/mol. The summed E-state index contributed by atoms with van der Waals surface area (Å²) in [6, 6.07) is 0. The van der Waals surface area contributed by atoms with Crippen molar-refractivity contribution in [2.24, 2.45) is 0 Å². The van der Waals surface area contributed by atoms with Crippen molar-refractivity contribution < 1.29 is 16.9 Å². The smallest absolute Gasteiger partial charge is 0.0780 e. The highest BCUT2D eigenvalue weighted by Crippen LogP contribution is 2.16. The quantitative estimate of drug-likeness (QED) is 0.0690. The molecule has 0 fully saturated rings. The summed E-state index contributed by atoms with van der Waals surface area (Å²) >= 11 is 0. The molecule has 0 aromatic rings. The van der Waals surface area contributed by atoms with Crippen molar-refractivity contribution >= 4 is 0 Å². The zero-order chi connectivity index (χ0) is 25.0. The molecule has 0 amide bonds. The third kappa shape index (κ3) is 36.5. The van der Waals surface area contributed by atoms with Gasteiger partial charge in [-0.15, -0.1) is 0 Å². The van der Waals surface area contributed by atoms with Gasteiger partial charge < -0.3 is 16.9 Å². The Morgan fingerprint density at radius 1 is 0.286 bits per heavy atom. The van der Waals surface area contributed by atoms with Crippen LogP contribution >= 0.6 is 0 Å². The summed E-state index contributed by atoms with van der Waals surface area (Å²) in [5, 5.41) is 0. The number of hydrogen-bond donors (Lipinski definition) is 0. The fraction of sp³-hybridized carbons (Fsp3) is 1.00. The molecule has 0 saturated heterocycles. The van der Waals surface area contributed by atoms with Crippen molar-refractivity contribution in [3.63, 3.8) is 0 Å². The summed E-state index contributed by atoms with van der Waals surface area (Å²) in [5.41, 5.74) is 0. The number of nitrogens with zero attached hydrogens (tertiary/aromatic N) is 1. The highest BCUT2D eigenvalue weighted by molar-refractivity contribution is 4.52. The highest BCUT2D eigenvalue weighted by Gasteiger charge is 2.05. The van der Waals surface area contributed by atoms with Gasteiger partial charge in [0.25, 0.3) is 0 Å². The Bertz CT molecular complexity index is 363. The second kappa shape index (κ2) is 30.5. The molecule has 0 aliphatic rings. The maximum Gasteiger partial charge on any atom is 0.0780 e. The van der Waals surface area contributed by atoms with E-state index in [1.54, 1.807) is 0 Å². The average Bonchev–Trinajstić information content (AvgIpc) is 2.80. The van der Waals surface area contributed by atoms with E-state index in [4.69, 9.17) is 0 Å². The van der Waals surface area contributed by atoms with Crippen LogP contribution in [0.4, 0.5) is 0 Å². The molecule has 0 aromatic heterocycles. The SMILES string of the molecule is CCCCCCCCCCCCCCCCCCCCCCCCCCCCCC[N+](C)(C)C.[Cl-]. The average molecular weight is 516 g/mol. The first-order chi connectivity index (χ1) is 16.6. The van der Waals surface area contributed by atoms with E-state index in [-0.39, 0.29) is 12.4 Å². The fourth-order valence-electron chi connectivity index (χ4n) is 5.26. The molecule has 0 heterocycles. The minimum absolute atomic E-state index is 0. The van der Waals surface area contributed by atoms with Crippen LogP contribution in [-0.4, -0.2) is 32.2 Å². The first-order valence-electron chi connectivity index (χ1n) is 16.4. The van der Waals surface area contributed by atoms with Gasteiger partial charge in [0.05, 0.1) is 27.7 Å². The Hall–Kier alpha value is 0.250. The van der Waals surface area contributed by atoms with Gasteiger partial charge in [-0.25, -0.2) is 0 Å². The van der Waals surface area contributed by atoms with Crippen molar-refractivity contribution in [2.75, 3.05) is 27.7 Å². The molecule has 214 valence electrons. The molecule has 0 bridgehead atoms. The number of hydrogen-bond acceptors (Lipinski definition) is 0. The molecule has 0 radical (unpaired) electrons. The lowest BCUT2D eigenvalue weighted by molar-refractivity contribution is -0.870. The van der Waals surface area contributed by atoms with E-state index in [0.29, 0.717) is 0 Å². The fourth-order valence-corrected chi connectivity index (χ4v) is 5.26. The molecular formula is C33H70ClN. The van der Waals surface area contributed by atoms with Gasteiger partial charge in [0.15, 0.2) is 0 Å². The molecule has 1 nitrogen and oxygen atoms in total.